The van der Waals surface area contributed by atoms with Crippen LogP contribution in [-0.2, 0) is 14.2 Å². The molecule has 78 valence electrons. The highest BCUT2D eigenvalue weighted by Crippen LogP contribution is 1.91. The molecule has 0 radical (unpaired) electrons. The highest BCUT2D eigenvalue weighted by Gasteiger charge is 1.97. The Balaban J connectivity index is 2.96. The third kappa shape index (κ3) is 11.9. The average Bonchev–Trinajstić information content (AvgIpc) is 2.01. The van der Waals surface area contributed by atoms with Crippen molar-refractivity contribution in [3.05, 3.63) is 0 Å². The maximum atomic E-state index is 10.0. The maximum Gasteiger partial charge on any atom is 0.403 e. The van der Waals surface area contributed by atoms with Gasteiger partial charge in [0, 0.05) is 11.6 Å². The lowest BCUT2D eigenvalue weighted by atomic mass is 10.7. The molecule has 0 aromatic carbocycles. The molecule has 0 rings (SSSR count). The number of ether oxygens (including phenoxy) is 3. The van der Waals surface area contributed by atoms with Crippen molar-refractivity contribution in [2.45, 2.75) is 5.75 Å². The van der Waals surface area contributed by atoms with Gasteiger partial charge in [0.15, 0.2) is 0 Å². The lowest BCUT2D eigenvalue weighted by Gasteiger charge is -2.05. The summed E-state index contributed by atoms with van der Waals surface area (Å²) in [6.07, 6.45) is 0. The van der Waals surface area contributed by atoms with Gasteiger partial charge in [0.25, 0.3) is 0 Å². The number of aliphatic hydroxyl groups is 1. The summed E-state index contributed by atoms with van der Waals surface area (Å²) in [6, 6.07) is 0. The zero-order valence-corrected chi connectivity index (χ0v) is 8.25. The van der Waals surface area contributed by atoms with Gasteiger partial charge in [-0.1, -0.05) is 11.6 Å². The Morgan fingerprint density at radius 3 is 2.46 bits per heavy atom. The average molecular weight is 233 g/mol. The van der Waals surface area contributed by atoms with Gasteiger partial charge in [-0.3, -0.25) is 0 Å². The van der Waals surface area contributed by atoms with Gasteiger partial charge in [-0.05, 0) is 0 Å². The molecule has 0 amide bonds. The van der Waals surface area contributed by atoms with E-state index in [0.717, 1.165) is 0 Å². The predicted molar refractivity (Wildman–Crippen MR) is 45.8 cm³/mol. The number of rotatable bonds is 7. The molecule has 7 heteroatoms. The highest BCUT2D eigenvalue weighted by molar-refractivity contribution is 6.61. The topological polar surface area (TPSA) is 65.0 Å². The van der Waals surface area contributed by atoms with Gasteiger partial charge in [-0.25, -0.2) is 4.79 Å². The fourth-order valence-electron chi connectivity index (χ4n) is 0.487. The molecule has 0 saturated carbocycles. The Hall–Kier alpha value is -0.0700. The lowest BCUT2D eigenvalue weighted by Crippen LogP contribution is -2.12. The number of alkyl halides is 1. The van der Waals surface area contributed by atoms with Crippen molar-refractivity contribution in [3.8, 4) is 0 Å². The number of carbonyl (C=O) groups is 1. The van der Waals surface area contributed by atoms with E-state index in [2.05, 4.69) is 9.47 Å². The van der Waals surface area contributed by atoms with Crippen LogP contribution in [0.5, 0.6) is 0 Å². The minimum atomic E-state index is -1.32. The first-order chi connectivity index (χ1) is 6.13. The molecule has 13 heavy (non-hydrogen) atoms. The summed E-state index contributed by atoms with van der Waals surface area (Å²) in [5, 5.41) is 8.43. The molecular formula is C6H10Cl2O5. The van der Waals surface area contributed by atoms with E-state index >= 15 is 0 Å². The SMILES string of the molecule is O=C(Cl)OCCOCCOC(O)Cl. The quantitative estimate of drug-likeness (QED) is 0.306. The summed E-state index contributed by atoms with van der Waals surface area (Å²) in [7, 11) is 0. The fourth-order valence-corrected chi connectivity index (χ4v) is 0.653. The zero-order valence-electron chi connectivity index (χ0n) is 6.74. The van der Waals surface area contributed by atoms with Crippen LogP contribution in [0.1, 0.15) is 0 Å². The number of halogens is 2. The first-order valence-corrected chi connectivity index (χ1v) is 4.28. The Morgan fingerprint density at radius 1 is 1.31 bits per heavy atom. The van der Waals surface area contributed by atoms with Crippen molar-refractivity contribution in [3.63, 3.8) is 0 Å². The highest BCUT2D eigenvalue weighted by atomic mass is 35.5. The Kier molecular flexibility index (Phi) is 8.48. The molecule has 1 N–H and O–H groups in total. The van der Waals surface area contributed by atoms with E-state index in [-0.39, 0.29) is 26.4 Å². The van der Waals surface area contributed by atoms with Gasteiger partial charge in [0.05, 0.1) is 19.8 Å². The standard InChI is InChI=1S/C6H10Cl2O5/c7-5(9)12-3-1-11-2-4-13-6(8)10/h5,9H,1-4H2. The number of hydrogen-bond acceptors (Lipinski definition) is 5. The molecule has 0 aliphatic rings. The number of hydrogen-bond donors (Lipinski definition) is 1. The molecule has 0 aliphatic heterocycles. The fraction of sp³-hybridized carbons (Fsp3) is 0.833. The van der Waals surface area contributed by atoms with Gasteiger partial charge in [-0.15, -0.1) is 0 Å². The minimum absolute atomic E-state index is 0.0890. The van der Waals surface area contributed by atoms with Gasteiger partial charge >= 0.3 is 5.43 Å². The van der Waals surface area contributed by atoms with E-state index < -0.39 is 11.2 Å². The molecule has 1 unspecified atom stereocenters. The summed E-state index contributed by atoms with van der Waals surface area (Å²) in [6.45, 7) is 0.731. The van der Waals surface area contributed by atoms with Crippen molar-refractivity contribution in [1.82, 2.24) is 0 Å². The van der Waals surface area contributed by atoms with Crippen LogP contribution in [0.15, 0.2) is 0 Å². The van der Waals surface area contributed by atoms with Crippen LogP contribution in [-0.4, -0.2) is 42.7 Å². The largest absolute Gasteiger partial charge is 0.451 e. The summed E-state index contributed by atoms with van der Waals surface area (Å²) in [5.74, 6) is -1.32. The van der Waals surface area contributed by atoms with Crippen molar-refractivity contribution in [2.75, 3.05) is 26.4 Å². The molecule has 0 aromatic rings. The third-order valence-corrected chi connectivity index (χ3v) is 1.16. The first-order valence-electron chi connectivity index (χ1n) is 3.46. The predicted octanol–water partition coefficient (Wildman–Crippen LogP) is 0.910. The summed E-state index contributed by atoms with van der Waals surface area (Å²) < 4.78 is 13.8. The van der Waals surface area contributed by atoms with Gasteiger partial charge in [0.2, 0.25) is 5.75 Å². The molecule has 0 fully saturated rings. The van der Waals surface area contributed by atoms with Crippen LogP contribution in [0.25, 0.3) is 0 Å². The van der Waals surface area contributed by atoms with Gasteiger partial charge in [0.1, 0.15) is 6.61 Å². The van der Waals surface area contributed by atoms with Gasteiger partial charge in [-0.2, -0.15) is 0 Å². The molecule has 1 atom stereocenters. The normalized spacial score (nSPS) is 12.5. The summed E-state index contributed by atoms with van der Waals surface area (Å²) in [4.78, 5) is 10.0. The second kappa shape index (κ2) is 8.52. The summed E-state index contributed by atoms with van der Waals surface area (Å²) >= 11 is 9.92. The van der Waals surface area contributed by atoms with Crippen LogP contribution in [0, 0.1) is 0 Å². The molecular weight excluding hydrogens is 223 g/mol. The number of carbonyl (C=O) groups excluding carboxylic acids is 1. The summed E-state index contributed by atoms with van der Waals surface area (Å²) in [5.41, 5.74) is -0.865. The van der Waals surface area contributed by atoms with Gasteiger partial charge < -0.3 is 19.3 Å². The minimum Gasteiger partial charge on any atom is -0.451 e. The van der Waals surface area contributed by atoms with Crippen LogP contribution in [0.3, 0.4) is 0 Å². The second-order valence-electron chi connectivity index (χ2n) is 1.86. The molecule has 5 nitrogen and oxygen atoms in total. The van der Waals surface area contributed by atoms with E-state index in [9.17, 15) is 4.79 Å². The van der Waals surface area contributed by atoms with Crippen molar-refractivity contribution in [1.29, 1.82) is 0 Å². The van der Waals surface area contributed by atoms with E-state index in [1.807, 2.05) is 0 Å². The lowest BCUT2D eigenvalue weighted by molar-refractivity contribution is -0.0612. The van der Waals surface area contributed by atoms with Crippen LogP contribution in [0.4, 0.5) is 4.79 Å². The first kappa shape index (κ1) is 12.9. The maximum absolute atomic E-state index is 10.0. The Morgan fingerprint density at radius 2 is 1.92 bits per heavy atom. The molecule has 0 saturated heterocycles. The van der Waals surface area contributed by atoms with Crippen molar-refractivity contribution < 1.29 is 24.1 Å². The zero-order chi connectivity index (χ0) is 10.1. The number of aliphatic hydroxyl groups excluding tert-OH is 1. The Bertz CT molecular complexity index is 141. The van der Waals surface area contributed by atoms with Crippen LogP contribution in [0.2, 0.25) is 0 Å². The van der Waals surface area contributed by atoms with E-state index in [1.54, 1.807) is 0 Å². The molecule has 0 aliphatic carbocycles. The van der Waals surface area contributed by atoms with E-state index in [0.29, 0.717) is 0 Å². The molecule has 0 bridgehead atoms. The molecule has 0 aromatic heterocycles. The molecule has 0 spiro atoms. The second-order valence-corrected chi connectivity index (χ2v) is 2.54. The smallest absolute Gasteiger partial charge is 0.403 e. The van der Waals surface area contributed by atoms with Crippen LogP contribution >= 0.6 is 23.2 Å². The van der Waals surface area contributed by atoms with E-state index in [4.69, 9.17) is 33.0 Å². The van der Waals surface area contributed by atoms with Crippen LogP contribution < -0.4 is 0 Å². The molecule has 0 heterocycles. The monoisotopic (exact) mass is 232 g/mol. The van der Waals surface area contributed by atoms with E-state index in [1.165, 1.54) is 0 Å². The van der Waals surface area contributed by atoms with Crippen molar-refractivity contribution >= 4 is 28.6 Å². The third-order valence-electron chi connectivity index (χ3n) is 0.926. The van der Waals surface area contributed by atoms with Crippen molar-refractivity contribution in [2.24, 2.45) is 0 Å². The Labute approximate surface area is 85.5 Å².